The molecule has 5 rings (SSSR count). The van der Waals surface area contributed by atoms with Crippen molar-refractivity contribution in [2.45, 2.75) is 44.6 Å². The molecule has 0 amide bonds. The first-order valence-electron chi connectivity index (χ1n) is 11.9. The molecule has 0 saturated heterocycles. The van der Waals surface area contributed by atoms with Gasteiger partial charge in [-0.3, -0.25) is 4.79 Å². The van der Waals surface area contributed by atoms with Crippen molar-refractivity contribution in [1.29, 1.82) is 0 Å². The van der Waals surface area contributed by atoms with Gasteiger partial charge in [0.15, 0.2) is 0 Å². The van der Waals surface area contributed by atoms with E-state index in [1.807, 2.05) is 24.3 Å². The fourth-order valence-corrected chi connectivity index (χ4v) is 5.04. The number of Topliss-reactive ketones (excluding diaryl/α,β-unsaturated/α-hetero) is 1. The van der Waals surface area contributed by atoms with Crippen LogP contribution in [0.3, 0.4) is 0 Å². The minimum absolute atomic E-state index is 0.0336. The molecule has 4 heteroatoms. The molecule has 0 unspecified atom stereocenters. The van der Waals surface area contributed by atoms with E-state index >= 15 is 0 Å². The number of rotatable bonds is 3. The van der Waals surface area contributed by atoms with Crippen molar-refractivity contribution < 1.29 is 9.53 Å². The van der Waals surface area contributed by atoms with Gasteiger partial charge in [-0.1, -0.05) is 75.4 Å². The third-order valence-electron chi connectivity index (χ3n) is 7.01. The SMILES string of the molecule is COc1ccc([C@@H]2C=C3Nc4ccccc4N[C@H](c4ccc(C(C)(C)C)cc4)[C@H]3C(=O)C2)cc1. The van der Waals surface area contributed by atoms with Gasteiger partial charge in [0.25, 0.3) is 0 Å². The lowest BCUT2D eigenvalue weighted by molar-refractivity contribution is -0.122. The molecule has 4 nitrogen and oxygen atoms in total. The Hall–Kier alpha value is -3.53. The monoisotopic (exact) mass is 452 g/mol. The summed E-state index contributed by atoms with van der Waals surface area (Å²) in [5, 5.41) is 7.30. The van der Waals surface area contributed by atoms with Crippen LogP contribution in [-0.2, 0) is 10.2 Å². The zero-order valence-electron chi connectivity index (χ0n) is 20.3. The van der Waals surface area contributed by atoms with E-state index < -0.39 is 0 Å². The van der Waals surface area contributed by atoms with Crippen LogP contribution in [-0.4, -0.2) is 12.9 Å². The Morgan fingerprint density at radius 3 is 2.15 bits per heavy atom. The Balaban J connectivity index is 1.56. The molecule has 1 aliphatic carbocycles. The Labute approximate surface area is 202 Å². The van der Waals surface area contributed by atoms with Gasteiger partial charge in [-0.05, 0) is 46.4 Å². The predicted molar refractivity (Wildman–Crippen MR) is 139 cm³/mol. The number of ketones is 1. The number of benzene rings is 3. The van der Waals surface area contributed by atoms with Crippen LogP contribution in [0, 0.1) is 5.92 Å². The molecule has 0 spiro atoms. The highest BCUT2D eigenvalue weighted by Gasteiger charge is 2.39. The van der Waals surface area contributed by atoms with Crippen molar-refractivity contribution in [3.05, 3.63) is 101 Å². The largest absolute Gasteiger partial charge is 0.497 e. The first-order valence-corrected chi connectivity index (χ1v) is 11.9. The molecular weight excluding hydrogens is 420 g/mol. The van der Waals surface area contributed by atoms with Crippen LogP contribution in [0.1, 0.15) is 55.8 Å². The lowest BCUT2D eigenvalue weighted by Gasteiger charge is -2.33. The minimum Gasteiger partial charge on any atom is -0.497 e. The molecule has 3 aromatic carbocycles. The van der Waals surface area contributed by atoms with Gasteiger partial charge in [0, 0.05) is 18.0 Å². The van der Waals surface area contributed by atoms with E-state index in [9.17, 15) is 4.79 Å². The molecule has 0 saturated carbocycles. The third kappa shape index (κ3) is 4.21. The first-order chi connectivity index (χ1) is 16.3. The summed E-state index contributed by atoms with van der Waals surface area (Å²) in [5.41, 5.74) is 6.60. The average molecular weight is 453 g/mol. The zero-order valence-corrected chi connectivity index (χ0v) is 20.3. The van der Waals surface area contributed by atoms with E-state index in [1.165, 1.54) is 5.56 Å². The number of para-hydroxylation sites is 2. The molecule has 2 N–H and O–H groups in total. The van der Waals surface area contributed by atoms with Gasteiger partial charge in [0.2, 0.25) is 0 Å². The number of methoxy groups -OCH3 is 1. The molecule has 0 fully saturated rings. The lowest BCUT2D eigenvalue weighted by Crippen LogP contribution is -2.33. The van der Waals surface area contributed by atoms with E-state index in [0.29, 0.717) is 6.42 Å². The quantitative estimate of drug-likeness (QED) is 0.457. The topological polar surface area (TPSA) is 50.4 Å². The zero-order chi connectivity index (χ0) is 23.9. The van der Waals surface area contributed by atoms with Crippen LogP contribution >= 0.6 is 0 Å². The Bertz CT molecular complexity index is 1220. The second-order valence-corrected chi connectivity index (χ2v) is 10.3. The molecule has 2 aliphatic rings. The summed E-state index contributed by atoms with van der Waals surface area (Å²) in [6, 6.07) is 24.8. The van der Waals surface area contributed by atoms with Gasteiger partial charge in [-0.2, -0.15) is 0 Å². The number of anilines is 2. The van der Waals surface area contributed by atoms with Crippen LogP contribution in [0.25, 0.3) is 0 Å². The summed E-state index contributed by atoms with van der Waals surface area (Å²) < 4.78 is 5.31. The number of hydrogen-bond donors (Lipinski definition) is 2. The summed E-state index contributed by atoms with van der Waals surface area (Å²) >= 11 is 0. The maximum Gasteiger partial charge on any atom is 0.145 e. The lowest BCUT2D eigenvalue weighted by atomic mass is 9.76. The van der Waals surface area contributed by atoms with Crippen LogP contribution in [0.4, 0.5) is 11.4 Å². The van der Waals surface area contributed by atoms with Crippen LogP contribution in [0.15, 0.2) is 84.6 Å². The maximum atomic E-state index is 13.7. The molecule has 3 atom stereocenters. The van der Waals surface area contributed by atoms with Crippen LogP contribution in [0.2, 0.25) is 0 Å². The van der Waals surface area contributed by atoms with E-state index in [1.54, 1.807) is 7.11 Å². The molecule has 1 heterocycles. The number of nitrogens with one attached hydrogen (secondary N) is 2. The predicted octanol–water partition coefficient (Wildman–Crippen LogP) is 6.83. The van der Waals surface area contributed by atoms with Gasteiger partial charge in [-0.25, -0.2) is 0 Å². The van der Waals surface area contributed by atoms with Crippen molar-refractivity contribution in [2.75, 3.05) is 17.7 Å². The summed E-state index contributed by atoms with van der Waals surface area (Å²) in [6.45, 7) is 6.66. The smallest absolute Gasteiger partial charge is 0.145 e. The van der Waals surface area contributed by atoms with Crippen molar-refractivity contribution in [3.63, 3.8) is 0 Å². The van der Waals surface area contributed by atoms with Crippen molar-refractivity contribution >= 4 is 17.2 Å². The Kier molecular flexibility index (Phi) is 5.68. The molecule has 34 heavy (non-hydrogen) atoms. The summed E-state index contributed by atoms with van der Waals surface area (Å²) in [5.74, 6) is 0.825. The normalized spacial score (nSPS) is 21.8. The van der Waals surface area contributed by atoms with E-state index in [4.69, 9.17) is 4.74 Å². The van der Waals surface area contributed by atoms with E-state index in [-0.39, 0.29) is 29.1 Å². The molecule has 1 aliphatic heterocycles. The fraction of sp³-hybridized carbons (Fsp3) is 0.300. The molecule has 174 valence electrons. The number of ether oxygens (including phenoxy) is 1. The van der Waals surface area contributed by atoms with Gasteiger partial charge in [-0.15, -0.1) is 0 Å². The van der Waals surface area contributed by atoms with Gasteiger partial charge in [0.1, 0.15) is 11.5 Å². The fourth-order valence-electron chi connectivity index (χ4n) is 5.04. The second kappa shape index (κ2) is 8.68. The molecule has 0 radical (unpaired) electrons. The second-order valence-electron chi connectivity index (χ2n) is 10.3. The third-order valence-corrected chi connectivity index (χ3v) is 7.01. The summed E-state index contributed by atoms with van der Waals surface area (Å²) in [7, 11) is 1.67. The number of carbonyl (C=O) groups excluding carboxylic acids is 1. The minimum atomic E-state index is -0.276. The van der Waals surface area contributed by atoms with Crippen molar-refractivity contribution in [3.8, 4) is 5.75 Å². The van der Waals surface area contributed by atoms with Gasteiger partial charge in [0.05, 0.1) is 30.4 Å². The highest BCUT2D eigenvalue weighted by Crippen LogP contribution is 2.44. The summed E-state index contributed by atoms with van der Waals surface area (Å²) in [6.07, 6.45) is 2.73. The van der Waals surface area contributed by atoms with E-state index in [2.05, 4.69) is 86.0 Å². The Morgan fingerprint density at radius 1 is 0.853 bits per heavy atom. The van der Waals surface area contributed by atoms with Crippen molar-refractivity contribution in [1.82, 2.24) is 0 Å². The number of allylic oxidation sites excluding steroid dienone is 1. The standard InChI is InChI=1S/C30H32N2O2/c1-30(2,3)22-13-9-20(10-14-22)29-28-26(31-24-7-5-6-8-25(24)32-29)17-21(18-27(28)33)19-11-15-23(34-4)16-12-19/h5-17,21,28-29,31-32H,18H2,1-4H3/t21-,28-,29-/m1/s1. The number of carbonyl (C=O) groups is 1. The first kappa shape index (κ1) is 22.3. The highest BCUT2D eigenvalue weighted by molar-refractivity contribution is 5.90. The Morgan fingerprint density at radius 2 is 1.50 bits per heavy atom. The molecule has 0 aromatic heterocycles. The number of hydrogen-bond acceptors (Lipinski definition) is 4. The molecular formula is C30H32N2O2. The van der Waals surface area contributed by atoms with Crippen molar-refractivity contribution in [2.24, 2.45) is 5.92 Å². The number of fused-ring (bicyclic) bond motifs is 2. The molecule has 3 aromatic rings. The molecule has 0 bridgehead atoms. The van der Waals surface area contributed by atoms with Crippen LogP contribution in [0.5, 0.6) is 5.75 Å². The van der Waals surface area contributed by atoms with E-state index in [0.717, 1.165) is 33.9 Å². The van der Waals surface area contributed by atoms with Gasteiger partial charge >= 0.3 is 0 Å². The highest BCUT2D eigenvalue weighted by atomic mass is 16.5. The summed E-state index contributed by atoms with van der Waals surface area (Å²) in [4.78, 5) is 13.7. The van der Waals surface area contributed by atoms with Gasteiger partial charge < -0.3 is 15.4 Å². The van der Waals surface area contributed by atoms with Crippen LogP contribution < -0.4 is 15.4 Å². The maximum absolute atomic E-state index is 13.7. The average Bonchev–Trinajstić information content (AvgIpc) is 3.00.